The van der Waals surface area contributed by atoms with Gasteiger partial charge in [0.1, 0.15) is 0 Å². The highest BCUT2D eigenvalue weighted by atomic mass is 16.4. The number of hydrogen-bond donors (Lipinski definition) is 1. The predicted octanol–water partition coefficient (Wildman–Crippen LogP) is 1.50. The Labute approximate surface area is 111 Å². The van der Waals surface area contributed by atoms with Crippen molar-refractivity contribution in [1.29, 1.82) is 0 Å². The zero-order valence-electron chi connectivity index (χ0n) is 11.4. The third kappa shape index (κ3) is 2.90. The van der Waals surface area contributed by atoms with E-state index >= 15 is 0 Å². The topological polar surface area (TPSA) is 73.0 Å². The number of aryl methyl sites for hydroxylation is 1. The fourth-order valence-corrected chi connectivity index (χ4v) is 1.83. The van der Waals surface area contributed by atoms with E-state index in [0.717, 1.165) is 13.0 Å². The van der Waals surface area contributed by atoms with Crippen LogP contribution in [0, 0.1) is 0 Å². The highest BCUT2D eigenvalue weighted by molar-refractivity contribution is 5.50. The molecule has 0 aliphatic rings. The molecule has 2 aromatic heterocycles. The first kappa shape index (κ1) is 13.5. The van der Waals surface area contributed by atoms with Crippen LogP contribution in [0.4, 0.5) is 0 Å². The van der Waals surface area contributed by atoms with Crippen molar-refractivity contribution in [3.63, 3.8) is 0 Å². The smallest absolute Gasteiger partial charge is 0.251 e. The van der Waals surface area contributed by atoms with Gasteiger partial charge in [-0.15, -0.1) is 10.2 Å². The average Bonchev–Trinajstić information content (AvgIpc) is 2.88. The number of hydrogen-bond acceptors (Lipinski definition) is 5. The molecule has 2 rings (SSSR count). The van der Waals surface area contributed by atoms with E-state index in [1.54, 1.807) is 19.3 Å². The Bertz CT molecular complexity index is 603. The molecule has 0 fully saturated rings. The zero-order valence-corrected chi connectivity index (χ0v) is 11.4. The lowest BCUT2D eigenvalue weighted by molar-refractivity contribution is 0.402. The second-order valence-corrected chi connectivity index (χ2v) is 4.33. The van der Waals surface area contributed by atoms with Crippen molar-refractivity contribution >= 4 is 0 Å². The number of aromatic nitrogens is 3. The summed E-state index contributed by atoms with van der Waals surface area (Å²) < 4.78 is 7.13. The van der Waals surface area contributed by atoms with Gasteiger partial charge in [0, 0.05) is 24.9 Å². The maximum atomic E-state index is 11.6. The fourth-order valence-electron chi connectivity index (χ4n) is 1.83. The molecule has 2 aromatic rings. The van der Waals surface area contributed by atoms with Gasteiger partial charge in [-0.2, -0.15) is 0 Å². The van der Waals surface area contributed by atoms with Crippen molar-refractivity contribution in [2.45, 2.75) is 26.3 Å². The van der Waals surface area contributed by atoms with Crippen LogP contribution >= 0.6 is 0 Å². The molecular weight excluding hydrogens is 244 g/mol. The molecule has 6 nitrogen and oxygen atoms in total. The van der Waals surface area contributed by atoms with Crippen LogP contribution in [0.1, 0.15) is 32.2 Å². The van der Waals surface area contributed by atoms with E-state index in [1.807, 2.05) is 6.92 Å². The standard InChI is InChI=1S/C13H18N4O2/c1-4-10(14-5-2)13-16-15-12(19-13)9-6-7-17(3)11(18)8-9/h6-8,10,14H,4-5H2,1-3H3. The third-order valence-corrected chi connectivity index (χ3v) is 2.95. The predicted molar refractivity (Wildman–Crippen MR) is 71.7 cm³/mol. The first-order chi connectivity index (χ1) is 9.15. The van der Waals surface area contributed by atoms with Gasteiger partial charge in [-0.05, 0) is 19.0 Å². The van der Waals surface area contributed by atoms with Crippen LogP contribution in [0.5, 0.6) is 0 Å². The molecule has 0 radical (unpaired) electrons. The highest BCUT2D eigenvalue weighted by Gasteiger charge is 2.16. The molecule has 1 atom stereocenters. The van der Waals surface area contributed by atoms with E-state index in [1.165, 1.54) is 10.6 Å². The van der Waals surface area contributed by atoms with E-state index in [0.29, 0.717) is 17.3 Å². The summed E-state index contributed by atoms with van der Waals surface area (Å²) in [5.41, 5.74) is 0.546. The molecule has 2 heterocycles. The summed E-state index contributed by atoms with van der Waals surface area (Å²) in [7, 11) is 1.70. The summed E-state index contributed by atoms with van der Waals surface area (Å²) in [5, 5.41) is 11.3. The normalized spacial score (nSPS) is 12.6. The maximum Gasteiger partial charge on any atom is 0.251 e. The van der Waals surface area contributed by atoms with E-state index in [9.17, 15) is 4.79 Å². The van der Waals surface area contributed by atoms with Crippen molar-refractivity contribution in [3.8, 4) is 11.5 Å². The van der Waals surface area contributed by atoms with Crippen LogP contribution in [-0.4, -0.2) is 21.3 Å². The van der Waals surface area contributed by atoms with Gasteiger partial charge in [-0.3, -0.25) is 4.79 Å². The highest BCUT2D eigenvalue weighted by Crippen LogP contribution is 2.20. The Balaban J connectivity index is 2.29. The third-order valence-electron chi connectivity index (χ3n) is 2.95. The molecule has 0 amide bonds. The van der Waals surface area contributed by atoms with Crippen LogP contribution < -0.4 is 10.9 Å². The second kappa shape index (κ2) is 5.79. The summed E-state index contributed by atoms with van der Waals surface area (Å²) in [6.45, 7) is 4.92. The molecule has 6 heteroatoms. The lowest BCUT2D eigenvalue weighted by Crippen LogP contribution is -2.20. The maximum absolute atomic E-state index is 11.6. The molecule has 19 heavy (non-hydrogen) atoms. The number of nitrogens with zero attached hydrogens (tertiary/aromatic N) is 3. The Morgan fingerprint density at radius 2 is 2.21 bits per heavy atom. The molecule has 0 aliphatic heterocycles. The minimum Gasteiger partial charge on any atom is -0.419 e. The van der Waals surface area contributed by atoms with Gasteiger partial charge >= 0.3 is 0 Å². The van der Waals surface area contributed by atoms with Gasteiger partial charge in [0.25, 0.3) is 5.56 Å². The van der Waals surface area contributed by atoms with Gasteiger partial charge < -0.3 is 14.3 Å². The molecule has 0 saturated heterocycles. The zero-order chi connectivity index (χ0) is 13.8. The summed E-state index contributed by atoms with van der Waals surface area (Å²) in [6.07, 6.45) is 2.55. The SMILES string of the molecule is CCNC(CC)c1nnc(-c2ccn(C)c(=O)c2)o1. The van der Waals surface area contributed by atoms with Gasteiger partial charge in [-0.1, -0.05) is 13.8 Å². The van der Waals surface area contributed by atoms with Crippen molar-refractivity contribution in [2.24, 2.45) is 7.05 Å². The van der Waals surface area contributed by atoms with Gasteiger partial charge in [0.15, 0.2) is 0 Å². The van der Waals surface area contributed by atoms with E-state index in [-0.39, 0.29) is 11.6 Å². The Morgan fingerprint density at radius 3 is 2.84 bits per heavy atom. The summed E-state index contributed by atoms with van der Waals surface area (Å²) in [6, 6.07) is 3.33. The fraction of sp³-hybridized carbons (Fsp3) is 0.462. The summed E-state index contributed by atoms with van der Waals surface area (Å²) >= 11 is 0. The monoisotopic (exact) mass is 262 g/mol. The van der Waals surface area contributed by atoms with Crippen molar-refractivity contribution in [1.82, 2.24) is 20.1 Å². The lowest BCUT2D eigenvalue weighted by atomic mass is 10.2. The minimum absolute atomic E-state index is 0.0535. The lowest BCUT2D eigenvalue weighted by Gasteiger charge is -2.10. The molecule has 0 spiro atoms. The Morgan fingerprint density at radius 1 is 1.42 bits per heavy atom. The summed E-state index contributed by atoms with van der Waals surface area (Å²) in [5.74, 6) is 0.934. The molecule has 0 aliphatic carbocycles. The van der Waals surface area contributed by atoms with E-state index < -0.39 is 0 Å². The van der Waals surface area contributed by atoms with Crippen LogP contribution in [-0.2, 0) is 7.05 Å². The molecule has 0 aromatic carbocycles. The molecule has 0 bridgehead atoms. The molecule has 1 N–H and O–H groups in total. The van der Waals surface area contributed by atoms with E-state index in [2.05, 4.69) is 22.4 Å². The van der Waals surface area contributed by atoms with Gasteiger partial charge in [0.2, 0.25) is 11.8 Å². The first-order valence-electron chi connectivity index (χ1n) is 6.39. The Kier molecular flexibility index (Phi) is 4.11. The van der Waals surface area contributed by atoms with Crippen LogP contribution in [0.15, 0.2) is 27.5 Å². The van der Waals surface area contributed by atoms with Gasteiger partial charge in [0.05, 0.1) is 6.04 Å². The first-order valence-corrected chi connectivity index (χ1v) is 6.39. The van der Waals surface area contributed by atoms with E-state index in [4.69, 9.17) is 4.42 Å². The number of nitrogens with one attached hydrogen (secondary N) is 1. The largest absolute Gasteiger partial charge is 0.419 e. The van der Waals surface area contributed by atoms with Crippen molar-refractivity contribution in [3.05, 3.63) is 34.6 Å². The molecule has 102 valence electrons. The molecule has 0 saturated carbocycles. The number of rotatable bonds is 5. The van der Waals surface area contributed by atoms with Crippen LogP contribution in [0.2, 0.25) is 0 Å². The van der Waals surface area contributed by atoms with Crippen molar-refractivity contribution < 1.29 is 4.42 Å². The van der Waals surface area contributed by atoms with Crippen LogP contribution in [0.3, 0.4) is 0 Å². The number of pyridine rings is 1. The molecular formula is C13H18N4O2. The van der Waals surface area contributed by atoms with Crippen molar-refractivity contribution in [2.75, 3.05) is 6.54 Å². The average molecular weight is 262 g/mol. The van der Waals surface area contributed by atoms with Crippen LogP contribution in [0.25, 0.3) is 11.5 Å². The minimum atomic E-state index is -0.101. The molecule has 1 unspecified atom stereocenters. The second-order valence-electron chi connectivity index (χ2n) is 4.33. The Hall–Kier alpha value is -1.95. The summed E-state index contributed by atoms with van der Waals surface area (Å²) in [4.78, 5) is 11.6. The quantitative estimate of drug-likeness (QED) is 0.884. The van der Waals surface area contributed by atoms with Gasteiger partial charge in [-0.25, -0.2) is 0 Å².